The summed E-state index contributed by atoms with van der Waals surface area (Å²) in [7, 11) is 0. The summed E-state index contributed by atoms with van der Waals surface area (Å²) in [6.45, 7) is 6.14. The van der Waals surface area contributed by atoms with Crippen molar-refractivity contribution in [3.8, 4) is 0 Å². The first-order valence-corrected chi connectivity index (χ1v) is 8.07. The lowest BCUT2D eigenvalue weighted by Crippen LogP contribution is -2.67. The van der Waals surface area contributed by atoms with Crippen molar-refractivity contribution in [3.63, 3.8) is 0 Å². The Kier molecular flexibility index (Phi) is 4.30. The molecule has 7 nitrogen and oxygen atoms in total. The highest BCUT2D eigenvalue weighted by Crippen LogP contribution is 2.38. The van der Waals surface area contributed by atoms with E-state index in [9.17, 15) is 9.59 Å². The minimum atomic E-state index is -0.254. The van der Waals surface area contributed by atoms with Crippen molar-refractivity contribution < 1.29 is 9.59 Å². The van der Waals surface area contributed by atoms with Crippen molar-refractivity contribution in [1.82, 2.24) is 20.4 Å². The lowest BCUT2D eigenvalue weighted by molar-refractivity contribution is -0.146. The Morgan fingerprint density at radius 1 is 1.43 bits per heavy atom. The van der Waals surface area contributed by atoms with Crippen molar-refractivity contribution in [2.75, 3.05) is 25.0 Å². The highest BCUT2D eigenvalue weighted by atomic mass is 16.2. The van der Waals surface area contributed by atoms with Crippen molar-refractivity contribution in [2.45, 2.75) is 32.7 Å². The predicted molar refractivity (Wildman–Crippen MR) is 85.5 cm³/mol. The van der Waals surface area contributed by atoms with Crippen LogP contribution in [0.15, 0.2) is 18.3 Å². The molecule has 23 heavy (non-hydrogen) atoms. The first-order chi connectivity index (χ1) is 11.0. The smallest absolute Gasteiger partial charge is 0.239 e. The molecule has 1 aromatic heterocycles. The van der Waals surface area contributed by atoms with E-state index in [-0.39, 0.29) is 23.3 Å². The van der Waals surface area contributed by atoms with Gasteiger partial charge in [-0.25, -0.2) is 0 Å². The van der Waals surface area contributed by atoms with Gasteiger partial charge in [0.2, 0.25) is 11.8 Å². The number of likely N-dealkylation sites (tertiary alicyclic amines) is 1. The van der Waals surface area contributed by atoms with Crippen LogP contribution in [0.1, 0.15) is 26.7 Å². The Balaban J connectivity index is 1.44. The van der Waals surface area contributed by atoms with Gasteiger partial charge < -0.3 is 10.6 Å². The molecule has 124 valence electrons. The minimum Gasteiger partial charge on any atom is -0.351 e. The summed E-state index contributed by atoms with van der Waals surface area (Å²) in [5.74, 6) is 1.06. The molecule has 7 heteroatoms. The second-order valence-corrected chi connectivity index (χ2v) is 6.94. The van der Waals surface area contributed by atoms with Gasteiger partial charge in [0.05, 0.1) is 12.0 Å². The maximum atomic E-state index is 12.0. The number of carbonyl (C=O) groups is 2. The minimum absolute atomic E-state index is 0.0683. The van der Waals surface area contributed by atoms with Crippen LogP contribution < -0.4 is 10.6 Å². The number of amides is 2. The van der Waals surface area contributed by atoms with Gasteiger partial charge in [0, 0.05) is 12.2 Å². The van der Waals surface area contributed by atoms with Crippen LogP contribution in [0.3, 0.4) is 0 Å². The third kappa shape index (κ3) is 3.34. The maximum absolute atomic E-state index is 12.0. The number of rotatable bonds is 4. The second kappa shape index (κ2) is 6.23. The molecule has 1 atom stereocenters. The molecule has 2 saturated heterocycles. The van der Waals surface area contributed by atoms with Crippen LogP contribution in [0.4, 0.5) is 5.82 Å². The number of piperidine rings is 1. The summed E-state index contributed by atoms with van der Waals surface area (Å²) in [6.07, 6.45) is 3.58. The number of anilines is 1. The monoisotopic (exact) mass is 317 g/mol. The Hall–Kier alpha value is -2.02. The van der Waals surface area contributed by atoms with E-state index >= 15 is 0 Å². The molecule has 3 heterocycles. The molecule has 0 bridgehead atoms. The Morgan fingerprint density at radius 2 is 2.17 bits per heavy atom. The summed E-state index contributed by atoms with van der Waals surface area (Å²) in [4.78, 5) is 25.8. The van der Waals surface area contributed by atoms with Gasteiger partial charge in [-0.15, -0.1) is 5.10 Å². The van der Waals surface area contributed by atoms with Crippen molar-refractivity contribution in [2.24, 2.45) is 11.3 Å². The van der Waals surface area contributed by atoms with Crippen LogP contribution in [0.5, 0.6) is 0 Å². The number of nitrogens with zero attached hydrogens (tertiary/aromatic N) is 3. The fourth-order valence-electron chi connectivity index (χ4n) is 3.48. The molecule has 0 aliphatic carbocycles. The van der Waals surface area contributed by atoms with Crippen LogP contribution in [0.25, 0.3) is 0 Å². The molecule has 1 aromatic rings. The standard InChI is InChI=1S/C16H23N5O2/c1-16(2)14(19-15(16)23)11-5-8-21(9-6-11)10-13(22)18-12-4-3-7-17-20-12/h3-4,7,11,14H,5-6,8-10H2,1-2H3,(H,19,23)(H,18,20,22). The zero-order chi connectivity index (χ0) is 16.4. The first kappa shape index (κ1) is 15.9. The number of hydrogen-bond donors (Lipinski definition) is 2. The van der Waals surface area contributed by atoms with Gasteiger partial charge in [-0.3, -0.25) is 14.5 Å². The maximum Gasteiger partial charge on any atom is 0.239 e. The fourth-order valence-corrected chi connectivity index (χ4v) is 3.48. The van der Waals surface area contributed by atoms with E-state index in [2.05, 4.69) is 25.7 Å². The lowest BCUT2D eigenvalue weighted by atomic mass is 9.68. The fraction of sp³-hybridized carbons (Fsp3) is 0.625. The Bertz CT molecular complexity index is 581. The van der Waals surface area contributed by atoms with Crippen molar-refractivity contribution in [1.29, 1.82) is 0 Å². The number of nitrogens with one attached hydrogen (secondary N) is 2. The third-order valence-electron chi connectivity index (χ3n) is 4.96. The highest BCUT2D eigenvalue weighted by molar-refractivity contribution is 5.91. The Labute approximate surface area is 135 Å². The largest absolute Gasteiger partial charge is 0.351 e. The summed E-state index contributed by atoms with van der Waals surface area (Å²) in [5, 5.41) is 13.4. The number of carbonyl (C=O) groups excluding carboxylic acids is 2. The van der Waals surface area contributed by atoms with E-state index in [0.717, 1.165) is 25.9 Å². The van der Waals surface area contributed by atoms with Gasteiger partial charge in [0.15, 0.2) is 5.82 Å². The average Bonchev–Trinajstić information content (AvgIpc) is 2.54. The summed E-state index contributed by atoms with van der Waals surface area (Å²) >= 11 is 0. The van der Waals surface area contributed by atoms with E-state index in [0.29, 0.717) is 18.3 Å². The van der Waals surface area contributed by atoms with Gasteiger partial charge >= 0.3 is 0 Å². The van der Waals surface area contributed by atoms with Gasteiger partial charge in [0.25, 0.3) is 0 Å². The molecule has 0 aromatic carbocycles. The summed E-state index contributed by atoms with van der Waals surface area (Å²) in [6, 6.07) is 3.73. The van der Waals surface area contributed by atoms with E-state index in [1.807, 2.05) is 13.8 Å². The lowest BCUT2D eigenvalue weighted by Gasteiger charge is -2.50. The Morgan fingerprint density at radius 3 is 2.74 bits per heavy atom. The van der Waals surface area contributed by atoms with E-state index < -0.39 is 0 Å². The first-order valence-electron chi connectivity index (χ1n) is 8.07. The summed E-state index contributed by atoms with van der Waals surface area (Å²) < 4.78 is 0. The van der Waals surface area contributed by atoms with E-state index in [4.69, 9.17) is 0 Å². The molecule has 2 fully saturated rings. The second-order valence-electron chi connectivity index (χ2n) is 6.94. The van der Waals surface area contributed by atoms with E-state index in [1.165, 1.54) is 0 Å². The predicted octanol–water partition coefficient (Wildman–Crippen LogP) is 0.652. The van der Waals surface area contributed by atoms with Crippen LogP contribution in [-0.2, 0) is 9.59 Å². The third-order valence-corrected chi connectivity index (χ3v) is 4.96. The molecule has 2 aliphatic heterocycles. The quantitative estimate of drug-likeness (QED) is 0.796. The molecule has 1 unspecified atom stereocenters. The number of aromatic nitrogens is 2. The molecule has 3 rings (SSSR count). The summed E-state index contributed by atoms with van der Waals surface area (Å²) in [5.41, 5.74) is -0.254. The topological polar surface area (TPSA) is 87.2 Å². The van der Waals surface area contributed by atoms with E-state index in [1.54, 1.807) is 18.3 Å². The van der Waals surface area contributed by atoms with Crippen LogP contribution >= 0.6 is 0 Å². The zero-order valence-electron chi connectivity index (χ0n) is 13.6. The molecule has 2 amide bonds. The molecular weight excluding hydrogens is 294 g/mol. The van der Waals surface area contributed by atoms with Gasteiger partial charge in [-0.2, -0.15) is 5.10 Å². The van der Waals surface area contributed by atoms with Crippen LogP contribution in [0, 0.1) is 11.3 Å². The SMILES string of the molecule is CC1(C)C(=O)NC1C1CCN(CC(=O)Nc2cccnn2)CC1. The number of hydrogen-bond acceptors (Lipinski definition) is 5. The molecule has 2 N–H and O–H groups in total. The van der Waals surface area contributed by atoms with Crippen molar-refractivity contribution in [3.05, 3.63) is 18.3 Å². The van der Waals surface area contributed by atoms with Crippen molar-refractivity contribution >= 4 is 17.6 Å². The highest BCUT2D eigenvalue weighted by Gasteiger charge is 2.50. The van der Waals surface area contributed by atoms with Gasteiger partial charge in [-0.05, 0) is 57.8 Å². The average molecular weight is 317 g/mol. The van der Waals surface area contributed by atoms with Crippen LogP contribution in [-0.4, -0.2) is 52.6 Å². The molecular formula is C16H23N5O2. The van der Waals surface area contributed by atoms with Gasteiger partial charge in [0.1, 0.15) is 0 Å². The molecule has 0 spiro atoms. The van der Waals surface area contributed by atoms with Gasteiger partial charge in [-0.1, -0.05) is 0 Å². The van der Waals surface area contributed by atoms with Crippen LogP contribution in [0.2, 0.25) is 0 Å². The zero-order valence-corrected chi connectivity index (χ0v) is 13.6. The molecule has 2 aliphatic rings. The molecule has 0 saturated carbocycles. The number of β-lactam (4-membered cyclic amide) rings is 1. The molecule has 0 radical (unpaired) electrons. The normalized spacial score (nSPS) is 24.6.